The normalized spacial score (nSPS) is 11.5. The van der Waals surface area contributed by atoms with Gasteiger partial charge in [0, 0.05) is 6.42 Å². The van der Waals surface area contributed by atoms with Crippen LogP contribution in [0, 0.1) is 11.5 Å². The minimum Gasteiger partial charge on any atom is -0.379 e. The predicted molar refractivity (Wildman–Crippen MR) is 112 cm³/mol. The summed E-state index contributed by atoms with van der Waals surface area (Å²) in [4.78, 5) is 0. The quantitative estimate of drug-likeness (QED) is 0.540. The third-order valence-corrected chi connectivity index (χ3v) is 7.32. The van der Waals surface area contributed by atoms with E-state index in [9.17, 15) is 5.11 Å². The third-order valence-electron chi connectivity index (χ3n) is 4.74. The molecule has 0 heterocycles. The van der Waals surface area contributed by atoms with E-state index in [1.165, 1.54) is 5.19 Å². The predicted octanol–water partition coefficient (Wildman–Crippen LogP) is 4.47. The lowest BCUT2D eigenvalue weighted by Crippen LogP contribution is -2.40. The van der Waals surface area contributed by atoms with Crippen molar-refractivity contribution in [1.29, 1.82) is 0 Å². The minimum atomic E-state index is -1.85. The molecule has 3 aromatic carbocycles. The van der Waals surface area contributed by atoms with Crippen molar-refractivity contribution in [2.24, 2.45) is 0 Å². The van der Waals surface area contributed by atoms with Gasteiger partial charge >= 0.3 is 0 Å². The van der Waals surface area contributed by atoms with E-state index in [0.29, 0.717) is 6.42 Å². The summed E-state index contributed by atoms with van der Waals surface area (Å²) in [5, 5.41) is 12.8. The molecule has 0 aliphatic heterocycles. The molecule has 0 bridgehead atoms. The molecule has 0 atom stereocenters. The average molecular weight is 357 g/mol. The molecule has 2 heteroatoms. The monoisotopic (exact) mass is 356 g/mol. The molecule has 130 valence electrons. The highest BCUT2D eigenvalue weighted by molar-refractivity contribution is 6.96. The van der Waals surface area contributed by atoms with Gasteiger partial charge in [0.15, 0.2) is 8.07 Å². The Bertz CT molecular complexity index is 851. The Morgan fingerprint density at radius 2 is 1.15 bits per heavy atom. The lowest BCUT2D eigenvalue weighted by Gasteiger charge is -2.27. The molecule has 0 aliphatic rings. The maximum Gasteiger partial charge on any atom is 0.162 e. The van der Waals surface area contributed by atoms with Crippen molar-refractivity contribution in [2.45, 2.75) is 25.1 Å². The first-order valence-corrected chi connectivity index (χ1v) is 11.9. The highest BCUT2D eigenvalue weighted by Gasteiger charge is 2.30. The van der Waals surface area contributed by atoms with Crippen LogP contribution in [0.4, 0.5) is 0 Å². The molecule has 1 N–H and O–H groups in total. The van der Waals surface area contributed by atoms with Gasteiger partial charge < -0.3 is 5.11 Å². The van der Waals surface area contributed by atoms with E-state index in [1.54, 1.807) is 0 Å². The summed E-state index contributed by atoms with van der Waals surface area (Å²) in [5.74, 6) is 3.32. The van der Waals surface area contributed by atoms with Crippen molar-refractivity contribution in [3.63, 3.8) is 0 Å². The van der Waals surface area contributed by atoms with Crippen molar-refractivity contribution in [3.8, 4) is 11.5 Å². The zero-order valence-electron chi connectivity index (χ0n) is 15.3. The molecule has 0 aliphatic carbocycles. The fourth-order valence-corrected chi connectivity index (χ4v) is 4.82. The van der Waals surface area contributed by atoms with Gasteiger partial charge in [-0.15, -0.1) is 11.5 Å². The van der Waals surface area contributed by atoms with E-state index in [2.05, 4.69) is 48.8 Å². The summed E-state index contributed by atoms with van der Waals surface area (Å²) >= 11 is 0. The van der Waals surface area contributed by atoms with Crippen LogP contribution in [0.2, 0.25) is 13.1 Å². The number of benzene rings is 3. The van der Waals surface area contributed by atoms with Gasteiger partial charge in [0.05, 0.1) is 0 Å². The molecular formula is C24H24OSi. The zero-order valence-corrected chi connectivity index (χ0v) is 16.3. The lowest BCUT2D eigenvalue weighted by molar-refractivity contribution is 0.0865. The summed E-state index contributed by atoms with van der Waals surface area (Å²) in [6.07, 6.45) is 0.379. The maximum absolute atomic E-state index is 11.5. The van der Waals surface area contributed by atoms with Gasteiger partial charge in [0.2, 0.25) is 0 Å². The summed E-state index contributed by atoms with van der Waals surface area (Å²) < 4.78 is 0. The van der Waals surface area contributed by atoms with Gasteiger partial charge in [-0.05, 0) is 16.3 Å². The van der Waals surface area contributed by atoms with Gasteiger partial charge in [-0.1, -0.05) is 104 Å². The van der Waals surface area contributed by atoms with Crippen LogP contribution in [0.15, 0.2) is 91.0 Å². The van der Waals surface area contributed by atoms with E-state index in [4.69, 9.17) is 0 Å². The minimum absolute atomic E-state index is 0.379. The summed E-state index contributed by atoms with van der Waals surface area (Å²) in [7, 11) is -1.85. The van der Waals surface area contributed by atoms with Crippen LogP contribution >= 0.6 is 0 Å². The molecule has 0 aromatic heterocycles. The largest absolute Gasteiger partial charge is 0.379 e. The number of rotatable bonds is 4. The van der Waals surface area contributed by atoms with Crippen LogP contribution in [0.1, 0.15) is 17.5 Å². The van der Waals surface area contributed by atoms with Gasteiger partial charge in [-0.2, -0.15) is 0 Å². The van der Waals surface area contributed by atoms with Crippen molar-refractivity contribution >= 4 is 13.3 Å². The van der Waals surface area contributed by atoms with Crippen molar-refractivity contribution in [1.82, 2.24) is 0 Å². The average Bonchev–Trinajstić information content (AvgIpc) is 2.70. The topological polar surface area (TPSA) is 20.2 Å². The first kappa shape index (κ1) is 18.2. The third kappa shape index (κ3) is 3.96. The SMILES string of the molecule is C[Si](C)(C#CCC(O)(c1ccccc1)c1ccccc1)c1ccccc1. The Balaban J connectivity index is 1.94. The van der Waals surface area contributed by atoms with E-state index in [1.807, 2.05) is 66.7 Å². The fraction of sp³-hybridized carbons (Fsp3) is 0.167. The van der Waals surface area contributed by atoms with Crippen LogP contribution in [-0.4, -0.2) is 13.2 Å². The highest BCUT2D eigenvalue weighted by Crippen LogP contribution is 2.32. The molecule has 0 saturated carbocycles. The second-order valence-electron chi connectivity index (χ2n) is 7.06. The zero-order chi connectivity index (χ0) is 18.5. The van der Waals surface area contributed by atoms with Crippen LogP contribution in [0.3, 0.4) is 0 Å². The second-order valence-corrected chi connectivity index (χ2v) is 11.1. The Kier molecular flexibility index (Phi) is 5.42. The van der Waals surface area contributed by atoms with E-state index in [0.717, 1.165) is 11.1 Å². The van der Waals surface area contributed by atoms with Crippen molar-refractivity contribution in [2.75, 3.05) is 0 Å². The summed E-state index contributed by atoms with van der Waals surface area (Å²) in [5.41, 5.74) is 4.15. The lowest BCUT2D eigenvalue weighted by atomic mass is 9.84. The molecule has 0 radical (unpaired) electrons. The fourth-order valence-electron chi connectivity index (χ4n) is 3.12. The molecule has 0 amide bonds. The smallest absolute Gasteiger partial charge is 0.162 e. The molecule has 3 rings (SSSR count). The van der Waals surface area contributed by atoms with Crippen LogP contribution in [0.25, 0.3) is 0 Å². The highest BCUT2D eigenvalue weighted by atomic mass is 28.3. The Hall–Kier alpha value is -2.60. The van der Waals surface area contributed by atoms with E-state index in [-0.39, 0.29) is 0 Å². The summed E-state index contributed by atoms with van der Waals surface area (Å²) in [6.45, 7) is 4.50. The molecule has 1 nitrogen and oxygen atoms in total. The molecule has 0 fully saturated rings. The van der Waals surface area contributed by atoms with Gasteiger partial charge in [0.1, 0.15) is 5.60 Å². The van der Waals surface area contributed by atoms with Gasteiger partial charge in [-0.3, -0.25) is 0 Å². The number of hydrogen-bond acceptors (Lipinski definition) is 1. The summed E-state index contributed by atoms with van der Waals surface area (Å²) in [6, 6.07) is 30.1. The van der Waals surface area contributed by atoms with Crippen molar-refractivity contribution in [3.05, 3.63) is 102 Å². The first-order valence-electron chi connectivity index (χ1n) is 8.91. The molecule has 0 saturated heterocycles. The Morgan fingerprint density at radius 1 is 0.731 bits per heavy atom. The van der Waals surface area contributed by atoms with E-state index < -0.39 is 13.7 Å². The molecule has 26 heavy (non-hydrogen) atoms. The van der Waals surface area contributed by atoms with Crippen LogP contribution in [0.5, 0.6) is 0 Å². The maximum atomic E-state index is 11.5. The van der Waals surface area contributed by atoms with Gasteiger partial charge in [0.25, 0.3) is 0 Å². The Morgan fingerprint density at radius 3 is 1.62 bits per heavy atom. The van der Waals surface area contributed by atoms with Crippen molar-refractivity contribution < 1.29 is 5.11 Å². The first-order chi connectivity index (χ1) is 12.5. The van der Waals surface area contributed by atoms with Gasteiger partial charge in [-0.25, -0.2) is 0 Å². The molecular weight excluding hydrogens is 332 g/mol. The number of hydrogen-bond donors (Lipinski definition) is 1. The van der Waals surface area contributed by atoms with E-state index >= 15 is 0 Å². The van der Waals surface area contributed by atoms with Crippen LogP contribution < -0.4 is 5.19 Å². The molecule has 3 aromatic rings. The molecule has 0 unspecified atom stereocenters. The molecule has 0 spiro atoms. The number of aliphatic hydroxyl groups is 1. The Labute approximate surface area is 157 Å². The van der Waals surface area contributed by atoms with Crippen LogP contribution in [-0.2, 0) is 5.60 Å². The standard InChI is InChI=1S/C24H24OSi/c1-26(2,23-17-10-5-11-18-23)20-12-19-24(25,21-13-6-3-7-14-21)22-15-8-4-9-16-22/h3-11,13-18,25H,19H2,1-2H3. The second kappa shape index (κ2) is 7.74.